The molecule has 0 unspecified atom stereocenters. The van der Waals surface area contributed by atoms with Crippen LogP contribution in [0.25, 0.3) is 0 Å². The van der Waals surface area contributed by atoms with E-state index in [-0.39, 0.29) is 24.0 Å². The molecule has 0 radical (unpaired) electrons. The standard InChI is InChI=1S/C19H30N4O2S.HI/c20-19(22-17-9-3-1-4-10-17)21-15-16-8-7-11-18(14-16)26(24,25)23-12-5-2-6-13-23;/h7-8,11,14,17H,1-6,9-10,12-13,15H2,(H3,20,21,22);1H. The number of sulfonamides is 1. The molecule has 1 aliphatic heterocycles. The molecule has 3 rings (SSSR count). The van der Waals surface area contributed by atoms with Crippen molar-refractivity contribution in [3.8, 4) is 0 Å². The largest absolute Gasteiger partial charge is 0.370 e. The minimum Gasteiger partial charge on any atom is -0.370 e. The normalized spacial score (nSPS) is 20.1. The smallest absolute Gasteiger partial charge is 0.243 e. The van der Waals surface area contributed by atoms with Gasteiger partial charge in [0.1, 0.15) is 0 Å². The highest BCUT2D eigenvalue weighted by Crippen LogP contribution is 2.21. The van der Waals surface area contributed by atoms with Crippen LogP contribution in [-0.2, 0) is 16.6 Å². The van der Waals surface area contributed by atoms with Crippen LogP contribution in [0.4, 0.5) is 0 Å². The van der Waals surface area contributed by atoms with E-state index in [1.54, 1.807) is 22.5 Å². The molecule has 0 bridgehead atoms. The number of rotatable bonds is 5. The summed E-state index contributed by atoms with van der Waals surface area (Å²) in [6.45, 7) is 1.61. The number of aliphatic imine (C=N–C) groups is 1. The van der Waals surface area contributed by atoms with E-state index in [1.807, 2.05) is 6.07 Å². The second-order valence-corrected chi connectivity index (χ2v) is 9.23. The number of hydrogen-bond donors (Lipinski definition) is 2. The number of hydrogen-bond acceptors (Lipinski definition) is 3. The molecule has 2 aliphatic rings. The van der Waals surface area contributed by atoms with Crippen LogP contribution in [0.3, 0.4) is 0 Å². The van der Waals surface area contributed by atoms with Crippen molar-refractivity contribution in [2.45, 2.75) is 68.8 Å². The molecule has 0 atom stereocenters. The molecule has 1 saturated carbocycles. The van der Waals surface area contributed by atoms with Crippen LogP contribution in [0.1, 0.15) is 56.9 Å². The zero-order valence-corrected chi connectivity index (χ0v) is 18.9. The van der Waals surface area contributed by atoms with Gasteiger partial charge in [-0.05, 0) is 43.4 Å². The lowest BCUT2D eigenvalue weighted by atomic mass is 9.96. The van der Waals surface area contributed by atoms with Gasteiger partial charge in [-0.1, -0.05) is 37.8 Å². The van der Waals surface area contributed by atoms with Crippen LogP contribution in [-0.4, -0.2) is 37.8 Å². The van der Waals surface area contributed by atoms with Gasteiger partial charge in [-0.3, -0.25) is 0 Å². The Kier molecular flexibility index (Phi) is 8.81. The number of guanidine groups is 1. The summed E-state index contributed by atoms with van der Waals surface area (Å²) in [7, 11) is -3.41. The monoisotopic (exact) mass is 506 g/mol. The van der Waals surface area contributed by atoms with Gasteiger partial charge in [-0.2, -0.15) is 4.31 Å². The Balaban J connectivity index is 0.00000261. The summed E-state index contributed by atoms with van der Waals surface area (Å²) in [6.07, 6.45) is 9.03. The van der Waals surface area contributed by atoms with Gasteiger partial charge in [0.25, 0.3) is 0 Å². The van der Waals surface area contributed by atoms with Crippen molar-refractivity contribution in [3.63, 3.8) is 0 Å². The molecule has 1 aromatic rings. The Bertz CT molecular complexity index is 727. The van der Waals surface area contributed by atoms with Crippen molar-refractivity contribution in [3.05, 3.63) is 29.8 Å². The van der Waals surface area contributed by atoms with E-state index in [0.717, 1.165) is 37.7 Å². The van der Waals surface area contributed by atoms with Crippen molar-refractivity contribution in [2.24, 2.45) is 10.7 Å². The molecule has 1 aromatic carbocycles. The van der Waals surface area contributed by atoms with Gasteiger partial charge < -0.3 is 11.1 Å². The number of benzene rings is 1. The molecular weight excluding hydrogens is 475 g/mol. The van der Waals surface area contributed by atoms with E-state index in [1.165, 1.54) is 19.3 Å². The second kappa shape index (κ2) is 10.6. The van der Waals surface area contributed by atoms with Crippen LogP contribution >= 0.6 is 24.0 Å². The molecule has 1 aliphatic carbocycles. The Morgan fingerprint density at radius 3 is 2.48 bits per heavy atom. The topological polar surface area (TPSA) is 87.8 Å². The molecule has 2 fully saturated rings. The molecule has 27 heavy (non-hydrogen) atoms. The van der Waals surface area contributed by atoms with Gasteiger partial charge in [0, 0.05) is 19.1 Å². The van der Waals surface area contributed by atoms with Gasteiger partial charge in [0.15, 0.2) is 5.96 Å². The van der Waals surface area contributed by atoms with E-state index in [4.69, 9.17) is 5.73 Å². The van der Waals surface area contributed by atoms with E-state index in [9.17, 15) is 8.42 Å². The fraction of sp³-hybridized carbons (Fsp3) is 0.632. The zero-order chi connectivity index (χ0) is 18.4. The maximum atomic E-state index is 12.8. The third kappa shape index (κ3) is 6.32. The van der Waals surface area contributed by atoms with Crippen molar-refractivity contribution in [1.29, 1.82) is 0 Å². The van der Waals surface area contributed by atoms with Crippen molar-refractivity contribution in [2.75, 3.05) is 13.1 Å². The Hall–Kier alpha value is -0.870. The highest BCUT2D eigenvalue weighted by atomic mass is 127. The maximum Gasteiger partial charge on any atom is 0.243 e. The minimum atomic E-state index is -3.41. The first kappa shape index (κ1) is 22.4. The summed E-state index contributed by atoms with van der Waals surface area (Å²) in [5.41, 5.74) is 6.86. The van der Waals surface area contributed by atoms with Crippen LogP contribution < -0.4 is 11.1 Å². The predicted octanol–water partition coefficient (Wildman–Crippen LogP) is 3.22. The Morgan fingerprint density at radius 1 is 1.11 bits per heavy atom. The highest BCUT2D eigenvalue weighted by molar-refractivity contribution is 14.0. The number of halogens is 1. The van der Waals surface area contributed by atoms with Crippen molar-refractivity contribution >= 4 is 40.0 Å². The van der Waals surface area contributed by atoms with Crippen LogP contribution in [0.5, 0.6) is 0 Å². The lowest BCUT2D eigenvalue weighted by Crippen LogP contribution is -2.41. The summed E-state index contributed by atoms with van der Waals surface area (Å²) < 4.78 is 27.2. The Morgan fingerprint density at radius 2 is 1.78 bits per heavy atom. The van der Waals surface area contributed by atoms with Crippen molar-refractivity contribution < 1.29 is 8.42 Å². The lowest BCUT2D eigenvalue weighted by Gasteiger charge is -2.26. The van der Waals surface area contributed by atoms with E-state index in [0.29, 0.717) is 36.5 Å². The first-order valence-electron chi connectivity index (χ1n) is 9.71. The Labute approximate surface area is 180 Å². The zero-order valence-electron chi connectivity index (χ0n) is 15.8. The van der Waals surface area contributed by atoms with Crippen LogP contribution in [0, 0.1) is 0 Å². The summed E-state index contributed by atoms with van der Waals surface area (Å²) in [5, 5.41) is 3.29. The molecule has 3 N–H and O–H groups in total. The maximum absolute atomic E-state index is 12.8. The van der Waals surface area contributed by atoms with Gasteiger partial charge in [0.2, 0.25) is 10.0 Å². The minimum absolute atomic E-state index is 0. The van der Waals surface area contributed by atoms with Gasteiger partial charge in [-0.15, -0.1) is 24.0 Å². The molecule has 0 aromatic heterocycles. The second-order valence-electron chi connectivity index (χ2n) is 7.29. The molecule has 0 amide bonds. The molecule has 1 saturated heterocycles. The van der Waals surface area contributed by atoms with E-state index >= 15 is 0 Å². The molecule has 6 nitrogen and oxygen atoms in total. The van der Waals surface area contributed by atoms with Gasteiger partial charge >= 0.3 is 0 Å². The number of nitrogens with zero attached hydrogens (tertiary/aromatic N) is 2. The predicted molar refractivity (Wildman–Crippen MR) is 120 cm³/mol. The summed E-state index contributed by atoms with van der Waals surface area (Å²) in [6, 6.07) is 7.49. The van der Waals surface area contributed by atoms with Crippen molar-refractivity contribution in [1.82, 2.24) is 9.62 Å². The fourth-order valence-electron chi connectivity index (χ4n) is 3.74. The molecular formula is C19H31IN4O2S. The van der Waals surface area contributed by atoms with Crippen LogP contribution in [0.15, 0.2) is 34.2 Å². The summed E-state index contributed by atoms with van der Waals surface area (Å²) >= 11 is 0. The molecule has 8 heteroatoms. The van der Waals surface area contributed by atoms with Gasteiger partial charge in [-0.25, -0.2) is 13.4 Å². The van der Waals surface area contributed by atoms with E-state index < -0.39 is 10.0 Å². The summed E-state index contributed by atoms with van der Waals surface area (Å²) in [5.74, 6) is 0.446. The molecule has 152 valence electrons. The third-order valence-electron chi connectivity index (χ3n) is 5.24. The van der Waals surface area contributed by atoms with E-state index in [2.05, 4.69) is 10.3 Å². The lowest BCUT2D eigenvalue weighted by molar-refractivity contribution is 0.346. The van der Waals surface area contributed by atoms with Crippen LogP contribution in [0.2, 0.25) is 0 Å². The first-order chi connectivity index (χ1) is 12.6. The molecule has 0 spiro atoms. The molecule has 1 heterocycles. The third-order valence-corrected chi connectivity index (χ3v) is 7.14. The number of nitrogens with two attached hydrogens (primary N) is 1. The van der Waals surface area contributed by atoms with Gasteiger partial charge in [0.05, 0.1) is 11.4 Å². The quantitative estimate of drug-likeness (QED) is 0.365. The fourth-order valence-corrected chi connectivity index (χ4v) is 5.32. The average molecular weight is 506 g/mol. The number of piperidine rings is 1. The number of nitrogens with one attached hydrogen (secondary N) is 1. The average Bonchev–Trinajstić information content (AvgIpc) is 2.68. The SMILES string of the molecule is I.NC(=NCc1cccc(S(=O)(=O)N2CCCCC2)c1)NC1CCCCC1. The highest BCUT2D eigenvalue weighted by Gasteiger charge is 2.25. The summed E-state index contributed by atoms with van der Waals surface area (Å²) in [4.78, 5) is 4.75. The first-order valence-corrected chi connectivity index (χ1v) is 11.2.